The number of phenolic OH excluding ortho intramolecular Hbond substituents is 2. The van der Waals surface area contributed by atoms with Crippen LogP contribution in [0.4, 0.5) is 0 Å². The lowest BCUT2D eigenvalue weighted by Crippen LogP contribution is -2.69. The Balaban J connectivity index is 1.54. The summed E-state index contributed by atoms with van der Waals surface area (Å²) < 4.78 is 17.6. The van der Waals surface area contributed by atoms with Crippen LogP contribution in [0.1, 0.15) is 56.3 Å². The summed E-state index contributed by atoms with van der Waals surface area (Å²) in [6, 6.07) is 1.93. The highest BCUT2D eigenvalue weighted by atomic mass is 32.2. The first-order chi connectivity index (χ1) is 19.1. The van der Waals surface area contributed by atoms with Crippen LogP contribution in [-0.2, 0) is 16.0 Å². The van der Waals surface area contributed by atoms with Gasteiger partial charge in [-0.15, -0.1) is 11.8 Å². The van der Waals surface area contributed by atoms with E-state index in [-0.39, 0.29) is 48.8 Å². The molecule has 0 aromatic heterocycles. The number of hydrogen-bond acceptors (Lipinski definition) is 11. The van der Waals surface area contributed by atoms with Crippen LogP contribution in [0.15, 0.2) is 6.07 Å². The predicted octanol–water partition coefficient (Wildman–Crippen LogP) is 2.64. The minimum atomic E-state index is -0.837. The highest BCUT2D eigenvalue weighted by Gasteiger charge is 2.60. The number of piperazine rings is 1. The number of cyclic esters (lactones) is 1. The molecule has 5 heterocycles. The molecule has 4 N–H and O–H groups in total. The number of aryl methyl sites for hydroxylation is 1. The molecule has 0 spiro atoms. The van der Waals surface area contributed by atoms with Crippen molar-refractivity contribution in [2.24, 2.45) is 5.73 Å². The van der Waals surface area contributed by atoms with Crippen molar-refractivity contribution in [3.8, 4) is 29.1 Å². The van der Waals surface area contributed by atoms with Crippen molar-refractivity contribution in [2.45, 2.75) is 68.7 Å². The molecule has 0 amide bonds. The van der Waals surface area contributed by atoms with Gasteiger partial charge in [-0.25, -0.2) is 0 Å². The number of likely N-dealkylation sites (N-methyl/N-ethyl adjacent to an activating group) is 1. The maximum Gasteiger partial charge on any atom is 0.323 e. The quantitative estimate of drug-likeness (QED) is 0.407. The van der Waals surface area contributed by atoms with Crippen LogP contribution in [0.2, 0.25) is 0 Å². The second kappa shape index (κ2) is 8.91. The summed E-state index contributed by atoms with van der Waals surface area (Å²) in [5, 5.41) is 33.6. The Kier molecular flexibility index (Phi) is 5.74. The summed E-state index contributed by atoms with van der Waals surface area (Å²) in [4.78, 5) is 17.2. The van der Waals surface area contributed by atoms with Gasteiger partial charge in [0.2, 0.25) is 6.79 Å². The number of carbonyl (C=O) groups excluding carboxylic acids is 1. The Bertz CT molecular complexity index is 1510. The molecule has 1 unspecified atom stereocenters. The number of phenols is 2. The lowest BCUT2D eigenvalue weighted by Gasteiger charge is -2.61. The van der Waals surface area contributed by atoms with Gasteiger partial charge in [0, 0.05) is 40.1 Å². The van der Waals surface area contributed by atoms with Gasteiger partial charge in [0.05, 0.1) is 23.4 Å². The van der Waals surface area contributed by atoms with Crippen molar-refractivity contribution in [1.29, 1.82) is 5.26 Å². The second-order valence-electron chi connectivity index (χ2n) is 11.5. The summed E-state index contributed by atoms with van der Waals surface area (Å²) in [6.45, 7) is 5.68. The molecule has 0 aliphatic carbocycles. The van der Waals surface area contributed by atoms with Gasteiger partial charge in [0.25, 0.3) is 0 Å². The zero-order chi connectivity index (χ0) is 28.2. The van der Waals surface area contributed by atoms with Gasteiger partial charge in [-0.3, -0.25) is 14.6 Å². The van der Waals surface area contributed by atoms with Crippen molar-refractivity contribution < 1.29 is 29.2 Å². The molecule has 7 rings (SSSR count). The van der Waals surface area contributed by atoms with Gasteiger partial charge in [0.1, 0.15) is 30.2 Å². The summed E-state index contributed by atoms with van der Waals surface area (Å²) in [6.07, 6.45) is 0.595. The maximum absolute atomic E-state index is 12.8. The second-order valence-corrected chi connectivity index (χ2v) is 12.7. The fourth-order valence-electron chi connectivity index (χ4n) is 7.59. The van der Waals surface area contributed by atoms with Crippen molar-refractivity contribution in [3.63, 3.8) is 0 Å². The Morgan fingerprint density at radius 2 is 1.80 bits per heavy atom. The molecular formula is C29H32N4O6S. The van der Waals surface area contributed by atoms with E-state index in [1.165, 1.54) is 11.8 Å². The third-order valence-electron chi connectivity index (χ3n) is 9.64. The molecular weight excluding hydrogens is 532 g/mol. The van der Waals surface area contributed by atoms with E-state index in [0.717, 1.165) is 22.3 Å². The molecule has 11 heteroatoms. The van der Waals surface area contributed by atoms with Crippen molar-refractivity contribution in [1.82, 2.24) is 9.80 Å². The molecule has 0 saturated carbocycles. The number of hydrogen-bond donors (Lipinski definition) is 3. The number of benzene rings is 2. The van der Waals surface area contributed by atoms with E-state index in [4.69, 9.17) is 19.9 Å². The summed E-state index contributed by atoms with van der Waals surface area (Å²) >= 11 is 1.47. The molecule has 5 aliphatic rings. The van der Waals surface area contributed by atoms with E-state index in [1.807, 2.05) is 20.9 Å². The minimum Gasteiger partial charge on any atom is -0.507 e. The molecule has 210 valence electrons. The Morgan fingerprint density at radius 1 is 1.07 bits per heavy atom. The number of esters is 1. The number of carbonyl (C=O) groups is 1. The van der Waals surface area contributed by atoms with Gasteiger partial charge in [-0.05, 0) is 50.9 Å². The zero-order valence-corrected chi connectivity index (χ0v) is 23.6. The molecule has 2 aromatic rings. The summed E-state index contributed by atoms with van der Waals surface area (Å²) in [5.74, 6) is 1.14. The van der Waals surface area contributed by atoms with Crippen LogP contribution < -0.4 is 15.2 Å². The van der Waals surface area contributed by atoms with Crippen molar-refractivity contribution in [3.05, 3.63) is 45.0 Å². The molecule has 5 aliphatic heterocycles. The molecule has 4 bridgehead atoms. The molecule has 40 heavy (non-hydrogen) atoms. The molecule has 10 nitrogen and oxygen atoms in total. The third-order valence-corrected chi connectivity index (χ3v) is 11.1. The van der Waals surface area contributed by atoms with Gasteiger partial charge in [-0.2, -0.15) is 5.26 Å². The van der Waals surface area contributed by atoms with E-state index < -0.39 is 29.3 Å². The number of fused-ring (bicyclic) bond motifs is 9. The zero-order valence-electron chi connectivity index (χ0n) is 22.8. The third kappa shape index (κ3) is 3.25. The van der Waals surface area contributed by atoms with Crippen LogP contribution in [0.5, 0.6) is 23.0 Å². The van der Waals surface area contributed by atoms with Gasteiger partial charge in [-0.1, -0.05) is 6.07 Å². The Hall–Kier alpha value is -3.17. The average molecular weight is 565 g/mol. The SMILES string of the molecule is Cc1cc2c(c(O)c1C)[C@@H]1C3[C@@H]4SC[C@@H](N)C(=O)OC[C@@H](c5c6c(c(C)c(O)c54)OCO6)N3[C@@H](C#N)[C@H](C2)N1C. The van der Waals surface area contributed by atoms with E-state index >= 15 is 0 Å². The van der Waals surface area contributed by atoms with Gasteiger partial charge >= 0.3 is 5.97 Å². The van der Waals surface area contributed by atoms with Crippen LogP contribution >= 0.6 is 11.8 Å². The van der Waals surface area contributed by atoms with Crippen molar-refractivity contribution in [2.75, 3.05) is 26.2 Å². The highest BCUT2D eigenvalue weighted by Crippen LogP contribution is 2.63. The first-order valence-corrected chi connectivity index (χ1v) is 14.6. The number of nitrogens with two attached hydrogens (primary N) is 1. The molecule has 2 aromatic carbocycles. The number of nitriles is 1. The fraction of sp³-hybridized carbons (Fsp3) is 0.517. The lowest BCUT2D eigenvalue weighted by atomic mass is 9.71. The van der Waals surface area contributed by atoms with Crippen LogP contribution in [0.3, 0.4) is 0 Å². The summed E-state index contributed by atoms with van der Waals surface area (Å²) in [5.41, 5.74) is 12.0. The first kappa shape index (κ1) is 25.8. The predicted molar refractivity (Wildman–Crippen MR) is 146 cm³/mol. The molecule has 0 radical (unpaired) electrons. The normalized spacial score (nSPS) is 32.5. The number of thioether (sulfide) groups is 1. The largest absolute Gasteiger partial charge is 0.507 e. The first-order valence-electron chi connectivity index (χ1n) is 13.5. The lowest BCUT2D eigenvalue weighted by molar-refractivity contribution is -0.150. The number of ether oxygens (including phenoxy) is 3. The highest BCUT2D eigenvalue weighted by molar-refractivity contribution is 7.99. The molecule has 7 atom stereocenters. The van der Waals surface area contributed by atoms with E-state index in [9.17, 15) is 20.3 Å². The van der Waals surface area contributed by atoms with E-state index in [0.29, 0.717) is 34.6 Å². The average Bonchev–Trinajstić information content (AvgIpc) is 3.42. The number of nitrogens with zero attached hydrogens (tertiary/aromatic N) is 3. The van der Waals surface area contributed by atoms with Gasteiger partial charge in [0.15, 0.2) is 11.5 Å². The maximum atomic E-state index is 12.8. The minimum absolute atomic E-state index is 0.0141. The Morgan fingerprint density at radius 3 is 2.55 bits per heavy atom. The molecule has 2 fully saturated rings. The smallest absolute Gasteiger partial charge is 0.323 e. The Labute approximate surface area is 236 Å². The van der Waals surface area contributed by atoms with Crippen LogP contribution in [0.25, 0.3) is 0 Å². The van der Waals surface area contributed by atoms with Crippen LogP contribution in [-0.4, -0.2) is 76.3 Å². The van der Waals surface area contributed by atoms with Crippen LogP contribution in [0, 0.1) is 32.1 Å². The molecule has 2 saturated heterocycles. The van der Waals surface area contributed by atoms with Crippen molar-refractivity contribution >= 4 is 17.7 Å². The van der Waals surface area contributed by atoms with E-state index in [2.05, 4.69) is 21.9 Å². The monoisotopic (exact) mass is 564 g/mol. The summed E-state index contributed by atoms with van der Waals surface area (Å²) in [7, 11) is 2.02. The van der Waals surface area contributed by atoms with E-state index in [1.54, 1.807) is 6.92 Å². The number of rotatable bonds is 0. The standard InChI is InChI=1S/C29H32N4O6S/c1-11-5-14-6-16-17(7-30)33-18-8-37-29(36)15(31)9-40-28(23(33)22(32(16)4)19(14)24(34)12(11)2)21-20(18)27-26(38-10-39-27)13(3)25(21)35/h5,15-18,22-23,28,34-35H,6,8-10,31H2,1-4H3/t15-,16+,17+,18+,22-,23?,28-/m1/s1. The van der Waals surface area contributed by atoms with Gasteiger partial charge < -0.3 is 30.2 Å². The number of aromatic hydroxyl groups is 2. The fourth-order valence-corrected chi connectivity index (χ4v) is 9.03. The topological polar surface area (TPSA) is 142 Å².